The number of nitrogens with zero attached hydrogens (tertiary/aromatic N) is 3. The predicted molar refractivity (Wildman–Crippen MR) is 86.0 cm³/mol. The molecule has 0 spiro atoms. The quantitative estimate of drug-likeness (QED) is 0.861. The second-order valence-corrected chi connectivity index (χ2v) is 6.95. The first kappa shape index (κ1) is 13.9. The van der Waals surface area contributed by atoms with Gasteiger partial charge in [0.05, 0.1) is 17.3 Å². The maximum absolute atomic E-state index is 13.8. The van der Waals surface area contributed by atoms with Crippen LogP contribution in [-0.4, -0.2) is 25.7 Å². The number of thioether (sulfide) groups is 2. The van der Waals surface area contributed by atoms with Crippen LogP contribution in [0.1, 0.15) is 19.7 Å². The first-order chi connectivity index (χ1) is 9.69. The second-order valence-electron chi connectivity index (χ2n) is 4.72. The van der Waals surface area contributed by atoms with Gasteiger partial charge in [-0.05, 0) is 26.0 Å². The summed E-state index contributed by atoms with van der Waals surface area (Å²) in [6.07, 6.45) is 0. The molecule has 3 nitrogen and oxygen atoms in total. The van der Waals surface area contributed by atoms with E-state index in [9.17, 15) is 4.39 Å². The average Bonchev–Trinajstić information content (AvgIpc) is 3.00. The van der Waals surface area contributed by atoms with Crippen molar-refractivity contribution >= 4 is 38.9 Å². The van der Waals surface area contributed by atoms with Gasteiger partial charge in [0.15, 0.2) is 5.82 Å². The summed E-state index contributed by atoms with van der Waals surface area (Å²) in [6, 6.07) is 5.53. The van der Waals surface area contributed by atoms with Crippen molar-refractivity contribution in [3.63, 3.8) is 0 Å². The van der Waals surface area contributed by atoms with Gasteiger partial charge in [0.25, 0.3) is 0 Å². The third-order valence-electron chi connectivity index (χ3n) is 3.22. The second kappa shape index (κ2) is 5.77. The number of aryl methyl sites for hydroxylation is 1. The maximum atomic E-state index is 13.8. The van der Waals surface area contributed by atoms with E-state index in [1.165, 1.54) is 6.07 Å². The van der Waals surface area contributed by atoms with Crippen molar-refractivity contribution in [3.8, 4) is 0 Å². The molecule has 1 unspecified atom stereocenters. The van der Waals surface area contributed by atoms with Crippen LogP contribution in [0.15, 0.2) is 23.2 Å². The molecule has 106 valence electrons. The molecule has 0 fully saturated rings. The Kier molecular flexibility index (Phi) is 4.03. The highest BCUT2D eigenvalue weighted by Crippen LogP contribution is 2.29. The summed E-state index contributed by atoms with van der Waals surface area (Å²) in [7, 11) is 0. The van der Waals surface area contributed by atoms with E-state index in [-0.39, 0.29) is 5.82 Å². The van der Waals surface area contributed by atoms with Crippen LogP contribution < -0.4 is 0 Å². The lowest BCUT2D eigenvalue weighted by molar-refractivity contribution is 0.637. The minimum atomic E-state index is -0.248. The van der Waals surface area contributed by atoms with Gasteiger partial charge in [-0.15, -0.1) is 0 Å². The van der Waals surface area contributed by atoms with Crippen molar-refractivity contribution < 1.29 is 4.39 Å². The molecule has 0 saturated heterocycles. The Hall–Kier alpha value is -1.01. The number of aromatic nitrogens is 2. The summed E-state index contributed by atoms with van der Waals surface area (Å²) in [6.45, 7) is 4.98. The molecule has 3 rings (SSSR count). The number of halogens is 1. The van der Waals surface area contributed by atoms with Crippen molar-refractivity contribution in [1.29, 1.82) is 0 Å². The standard InChI is InChI=1S/C14H16FN3S2/c1-3-18-11-6-4-5-10(15)13(11)17-12(18)8-20-14-16-9(2)7-19-14/h4-6,9H,3,7-8H2,1-2H3. The zero-order valence-corrected chi connectivity index (χ0v) is 13.1. The molecule has 1 aliphatic rings. The van der Waals surface area contributed by atoms with E-state index in [0.717, 1.165) is 33.8 Å². The van der Waals surface area contributed by atoms with Crippen LogP contribution in [0, 0.1) is 5.82 Å². The fraction of sp³-hybridized carbons (Fsp3) is 0.429. The Morgan fingerprint density at radius 3 is 3.05 bits per heavy atom. The molecule has 0 aliphatic carbocycles. The van der Waals surface area contributed by atoms with Gasteiger partial charge in [-0.1, -0.05) is 29.6 Å². The average molecular weight is 309 g/mol. The molecule has 0 saturated carbocycles. The summed E-state index contributed by atoms with van der Waals surface area (Å²) in [5, 5.41) is 0. The number of benzene rings is 1. The van der Waals surface area contributed by atoms with E-state index >= 15 is 0 Å². The van der Waals surface area contributed by atoms with Crippen LogP contribution in [0.3, 0.4) is 0 Å². The zero-order valence-electron chi connectivity index (χ0n) is 11.5. The maximum Gasteiger partial charge on any atom is 0.151 e. The lowest BCUT2D eigenvalue weighted by Crippen LogP contribution is -2.00. The smallest absolute Gasteiger partial charge is 0.151 e. The van der Waals surface area contributed by atoms with Crippen molar-refractivity contribution in [2.75, 3.05) is 5.75 Å². The summed E-state index contributed by atoms with van der Waals surface area (Å²) in [5.74, 6) is 2.46. The molecule has 2 aromatic rings. The summed E-state index contributed by atoms with van der Waals surface area (Å²) in [4.78, 5) is 9.03. The lowest BCUT2D eigenvalue weighted by atomic mass is 10.3. The molecule has 1 aromatic carbocycles. The number of aliphatic imine (C=N–C) groups is 1. The zero-order chi connectivity index (χ0) is 14.1. The predicted octanol–water partition coefficient (Wildman–Crippen LogP) is 3.92. The summed E-state index contributed by atoms with van der Waals surface area (Å²) < 4.78 is 17.0. The molecule has 0 bridgehead atoms. The first-order valence-electron chi connectivity index (χ1n) is 6.66. The molecular formula is C14H16FN3S2. The van der Waals surface area contributed by atoms with Gasteiger partial charge in [-0.2, -0.15) is 0 Å². The highest BCUT2D eigenvalue weighted by atomic mass is 32.2. The van der Waals surface area contributed by atoms with Crippen LogP contribution in [0.5, 0.6) is 0 Å². The van der Waals surface area contributed by atoms with Gasteiger partial charge in [-0.25, -0.2) is 9.37 Å². The van der Waals surface area contributed by atoms with E-state index in [0.29, 0.717) is 11.6 Å². The van der Waals surface area contributed by atoms with Gasteiger partial charge < -0.3 is 4.57 Å². The number of fused-ring (bicyclic) bond motifs is 1. The van der Waals surface area contributed by atoms with Crippen molar-refractivity contribution in [3.05, 3.63) is 29.8 Å². The highest BCUT2D eigenvalue weighted by molar-refractivity contribution is 8.38. The number of rotatable bonds is 3. The normalized spacial score (nSPS) is 18.8. The number of hydrogen-bond donors (Lipinski definition) is 0. The minimum absolute atomic E-state index is 0.248. The molecule has 0 radical (unpaired) electrons. The Labute approximate surface area is 126 Å². The van der Waals surface area contributed by atoms with Gasteiger partial charge >= 0.3 is 0 Å². The molecule has 6 heteroatoms. The Morgan fingerprint density at radius 1 is 1.50 bits per heavy atom. The third-order valence-corrected chi connectivity index (χ3v) is 5.69. The molecule has 1 aromatic heterocycles. The van der Waals surface area contributed by atoms with Crippen molar-refractivity contribution in [1.82, 2.24) is 9.55 Å². The largest absolute Gasteiger partial charge is 0.327 e. The van der Waals surface area contributed by atoms with Gasteiger partial charge in [-0.3, -0.25) is 4.99 Å². The van der Waals surface area contributed by atoms with E-state index in [2.05, 4.69) is 28.4 Å². The van der Waals surface area contributed by atoms with E-state index in [1.54, 1.807) is 29.6 Å². The van der Waals surface area contributed by atoms with Crippen molar-refractivity contribution in [2.45, 2.75) is 32.2 Å². The van der Waals surface area contributed by atoms with Crippen LogP contribution >= 0.6 is 23.5 Å². The molecular weight excluding hydrogens is 293 g/mol. The topological polar surface area (TPSA) is 30.2 Å². The van der Waals surface area contributed by atoms with Crippen LogP contribution in [0.2, 0.25) is 0 Å². The molecule has 2 heterocycles. The van der Waals surface area contributed by atoms with Crippen molar-refractivity contribution in [2.24, 2.45) is 4.99 Å². The molecule has 0 amide bonds. The monoisotopic (exact) mass is 309 g/mol. The number of para-hydroxylation sites is 1. The van der Waals surface area contributed by atoms with Gasteiger partial charge in [0, 0.05) is 12.3 Å². The molecule has 1 atom stereocenters. The number of hydrogen-bond acceptors (Lipinski definition) is 4. The SMILES string of the molecule is CCn1c(CSC2=NC(C)CS2)nc2c(F)cccc21. The summed E-state index contributed by atoms with van der Waals surface area (Å²) in [5.41, 5.74) is 1.34. The highest BCUT2D eigenvalue weighted by Gasteiger charge is 2.17. The van der Waals surface area contributed by atoms with Gasteiger partial charge in [0.2, 0.25) is 0 Å². The molecule has 20 heavy (non-hydrogen) atoms. The third kappa shape index (κ3) is 2.59. The van der Waals surface area contributed by atoms with Crippen LogP contribution in [0.4, 0.5) is 4.39 Å². The van der Waals surface area contributed by atoms with Gasteiger partial charge in [0.1, 0.15) is 15.7 Å². The first-order valence-corrected chi connectivity index (χ1v) is 8.63. The lowest BCUT2D eigenvalue weighted by Gasteiger charge is -2.05. The Morgan fingerprint density at radius 2 is 2.35 bits per heavy atom. The van der Waals surface area contributed by atoms with E-state index < -0.39 is 0 Å². The minimum Gasteiger partial charge on any atom is -0.327 e. The summed E-state index contributed by atoms with van der Waals surface area (Å²) >= 11 is 3.49. The number of imidazole rings is 1. The fourth-order valence-electron chi connectivity index (χ4n) is 2.28. The van der Waals surface area contributed by atoms with E-state index in [1.807, 2.05) is 6.07 Å². The molecule has 1 aliphatic heterocycles. The van der Waals surface area contributed by atoms with Crippen LogP contribution in [-0.2, 0) is 12.3 Å². The molecule has 0 N–H and O–H groups in total. The Bertz CT molecular complexity index is 666. The Balaban J connectivity index is 1.87. The van der Waals surface area contributed by atoms with Crippen LogP contribution in [0.25, 0.3) is 11.0 Å². The fourth-order valence-corrected chi connectivity index (χ4v) is 4.43. The van der Waals surface area contributed by atoms with E-state index in [4.69, 9.17) is 0 Å².